The van der Waals surface area contributed by atoms with Gasteiger partial charge in [0.25, 0.3) is 5.91 Å². The Kier molecular flexibility index (Phi) is 3.89. The molecule has 0 bridgehead atoms. The number of imidazole rings is 1. The van der Waals surface area contributed by atoms with Gasteiger partial charge in [-0.15, -0.1) is 10.2 Å². The Morgan fingerprint density at radius 2 is 1.91 bits per heavy atom. The summed E-state index contributed by atoms with van der Waals surface area (Å²) < 4.78 is 1.80. The first-order valence-electron chi connectivity index (χ1n) is 7.28. The van der Waals surface area contributed by atoms with E-state index in [0.29, 0.717) is 5.82 Å². The molecule has 0 fully saturated rings. The molecule has 6 heteroatoms. The number of carbonyl (C=O) groups is 1. The van der Waals surface area contributed by atoms with E-state index in [1.165, 1.54) is 0 Å². The predicted molar refractivity (Wildman–Crippen MR) is 87.8 cm³/mol. The number of amides is 1. The van der Waals surface area contributed by atoms with Crippen LogP contribution >= 0.6 is 0 Å². The lowest BCUT2D eigenvalue weighted by atomic mass is 10.1. The molecular formula is C17H17N5O. The number of hydrogen-bond acceptors (Lipinski definition) is 4. The quantitative estimate of drug-likeness (QED) is 0.807. The molecule has 0 aliphatic rings. The number of anilines is 1. The Bertz CT molecular complexity index is 852. The van der Waals surface area contributed by atoms with Crippen LogP contribution in [0.1, 0.15) is 27.4 Å². The molecule has 0 aliphatic carbocycles. The Hall–Kier alpha value is -3.02. The zero-order valence-corrected chi connectivity index (χ0v) is 13.2. The van der Waals surface area contributed by atoms with Gasteiger partial charge in [-0.1, -0.05) is 12.1 Å². The lowest BCUT2D eigenvalue weighted by Gasteiger charge is -2.10. The second kappa shape index (κ2) is 6.00. The monoisotopic (exact) mass is 307 g/mol. The maximum absolute atomic E-state index is 12.3. The molecule has 0 aliphatic heterocycles. The lowest BCUT2D eigenvalue weighted by Crippen LogP contribution is -2.16. The van der Waals surface area contributed by atoms with Crippen molar-refractivity contribution in [1.82, 2.24) is 19.7 Å². The summed E-state index contributed by atoms with van der Waals surface area (Å²) in [7, 11) is 0. The van der Waals surface area contributed by atoms with Gasteiger partial charge in [-0.2, -0.15) is 0 Å². The van der Waals surface area contributed by atoms with Crippen molar-refractivity contribution in [2.24, 2.45) is 0 Å². The van der Waals surface area contributed by atoms with Gasteiger partial charge < -0.3 is 5.32 Å². The van der Waals surface area contributed by atoms with Crippen molar-refractivity contribution in [3.8, 4) is 5.82 Å². The number of nitrogens with one attached hydrogen (secondary N) is 1. The highest BCUT2D eigenvalue weighted by Gasteiger charge is 2.11. The van der Waals surface area contributed by atoms with Crippen LogP contribution in [0.25, 0.3) is 5.82 Å². The topological polar surface area (TPSA) is 72.7 Å². The average Bonchev–Trinajstić information content (AvgIpc) is 2.98. The highest BCUT2D eigenvalue weighted by Crippen LogP contribution is 2.18. The minimum atomic E-state index is -0.278. The number of rotatable bonds is 3. The fraction of sp³-hybridized carbons (Fsp3) is 0.176. The zero-order valence-electron chi connectivity index (χ0n) is 13.2. The first-order chi connectivity index (χ1) is 11.1. The van der Waals surface area contributed by atoms with E-state index in [1.807, 2.05) is 39.0 Å². The molecule has 6 nitrogen and oxygen atoms in total. The predicted octanol–water partition coefficient (Wildman–Crippen LogP) is 2.84. The lowest BCUT2D eigenvalue weighted by molar-refractivity contribution is 0.102. The first-order valence-corrected chi connectivity index (χ1v) is 7.28. The molecule has 116 valence electrons. The summed E-state index contributed by atoms with van der Waals surface area (Å²) >= 11 is 0. The molecule has 0 saturated carbocycles. The second-order valence-electron chi connectivity index (χ2n) is 5.32. The van der Waals surface area contributed by atoms with Gasteiger partial charge in [-0.05, 0) is 50.1 Å². The molecule has 1 N–H and O–H groups in total. The second-order valence-corrected chi connectivity index (χ2v) is 5.32. The summed E-state index contributed by atoms with van der Waals surface area (Å²) in [6.45, 7) is 5.86. The van der Waals surface area contributed by atoms with Crippen molar-refractivity contribution in [2.75, 3.05) is 5.32 Å². The third-order valence-electron chi connectivity index (χ3n) is 3.81. The largest absolute Gasteiger partial charge is 0.320 e. The van der Waals surface area contributed by atoms with Gasteiger partial charge in [0, 0.05) is 18.1 Å². The van der Waals surface area contributed by atoms with Gasteiger partial charge in [0.15, 0.2) is 11.5 Å². The molecule has 1 amide bonds. The highest BCUT2D eigenvalue weighted by molar-refractivity contribution is 6.03. The molecular weight excluding hydrogens is 290 g/mol. The fourth-order valence-corrected chi connectivity index (χ4v) is 2.27. The molecule has 3 rings (SSSR count). The van der Waals surface area contributed by atoms with E-state index in [4.69, 9.17) is 0 Å². The highest BCUT2D eigenvalue weighted by atomic mass is 16.1. The van der Waals surface area contributed by atoms with E-state index in [-0.39, 0.29) is 11.6 Å². The van der Waals surface area contributed by atoms with Crippen molar-refractivity contribution in [2.45, 2.75) is 20.8 Å². The Morgan fingerprint density at radius 3 is 2.57 bits per heavy atom. The van der Waals surface area contributed by atoms with Gasteiger partial charge >= 0.3 is 0 Å². The third-order valence-corrected chi connectivity index (χ3v) is 3.81. The minimum Gasteiger partial charge on any atom is -0.320 e. The number of carbonyl (C=O) groups excluding carboxylic acids is 1. The summed E-state index contributed by atoms with van der Waals surface area (Å²) in [5.74, 6) is 1.16. The third kappa shape index (κ3) is 2.96. The van der Waals surface area contributed by atoms with Crippen LogP contribution in [0, 0.1) is 20.8 Å². The van der Waals surface area contributed by atoms with E-state index in [9.17, 15) is 4.79 Å². The number of nitrogens with zero attached hydrogens (tertiary/aromatic N) is 4. The Labute approximate surface area is 134 Å². The van der Waals surface area contributed by atoms with Crippen LogP contribution in [0.4, 0.5) is 5.69 Å². The molecule has 23 heavy (non-hydrogen) atoms. The number of aryl methyl sites for hydroxylation is 2. The summed E-state index contributed by atoms with van der Waals surface area (Å²) in [4.78, 5) is 16.4. The molecule has 0 atom stereocenters. The number of aromatic nitrogens is 4. The SMILES string of the molecule is Cc1cccc(NC(=O)c2ccc(-n3ccnc3C)nn2)c1C. The standard InChI is InChI=1S/C17H17N5O/c1-11-5-4-6-14(12(11)2)19-17(23)15-7-8-16(21-20-15)22-10-9-18-13(22)3/h4-10H,1-3H3,(H,19,23). The van der Waals surface area contributed by atoms with Crippen LogP contribution in [-0.2, 0) is 0 Å². The molecule has 0 saturated heterocycles. The summed E-state index contributed by atoms with van der Waals surface area (Å²) in [6.07, 6.45) is 3.49. The molecule has 0 unspecified atom stereocenters. The molecule has 2 heterocycles. The molecule has 0 spiro atoms. The van der Waals surface area contributed by atoms with Crippen molar-refractivity contribution in [3.05, 3.63) is 65.4 Å². The van der Waals surface area contributed by atoms with Gasteiger partial charge in [0.2, 0.25) is 0 Å². The van der Waals surface area contributed by atoms with Crippen LogP contribution in [0.3, 0.4) is 0 Å². The van der Waals surface area contributed by atoms with Gasteiger partial charge in [0.1, 0.15) is 5.82 Å². The fourth-order valence-electron chi connectivity index (χ4n) is 2.27. The van der Waals surface area contributed by atoms with Crippen LogP contribution in [0.5, 0.6) is 0 Å². The van der Waals surface area contributed by atoms with Crippen molar-refractivity contribution >= 4 is 11.6 Å². The average molecular weight is 307 g/mol. The zero-order chi connectivity index (χ0) is 16.4. The van der Waals surface area contributed by atoms with E-state index < -0.39 is 0 Å². The molecule has 3 aromatic rings. The van der Waals surface area contributed by atoms with Crippen molar-refractivity contribution < 1.29 is 4.79 Å². The number of hydrogen-bond donors (Lipinski definition) is 1. The van der Waals surface area contributed by atoms with Gasteiger partial charge in [-0.25, -0.2) is 4.98 Å². The maximum Gasteiger partial charge on any atom is 0.276 e. The normalized spacial score (nSPS) is 10.6. The van der Waals surface area contributed by atoms with Crippen LogP contribution in [-0.4, -0.2) is 25.7 Å². The van der Waals surface area contributed by atoms with Crippen molar-refractivity contribution in [1.29, 1.82) is 0 Å². The summed E-state index contributed by atoms with van der Waals surface area (Å²) in [6, 6.07) is 9.19. The molecule has 1 aromatic carbocycles. The maximum atomic E-state index is 12.3. The summed E-state index contributed by atoms with van der Waals surface area (Å²) in [5.41, 5.74) is 3.22. The van der Waals surface area contributed by atoms with Gasteiger partial charge in [-0.3, -0.25) is 9.36 Å². The first kappa shape index (κ1) is 14.9. The van der Waals surface area contributed by atoms with E-state index in [1.54, 1.807) is 29.1 Å². The Morgan fingerprint density at radius 1 is 1.09 bits per heavy atom. The van der Waals surface area contributed by atoms with Crippen molar-refractivity contribution in [3.63, 3.8) is 0 Å². The minimum absolute atomic E-state index is 0.271. The smallest absolute Gasteiger partial charge is 0.276 e. The summed E-state index contributed by atoms with van der Waals surface area (Å²) in [5, 5.41) is 11.0. The van der Waals surface area contributed by atoms with Gasteiger partial charge in [0.05, 0.1) is 0 Å². The van der Waals surface area contributed by atoms with Crippen LogP contribution in [0.2, 0.25) is 0 Å². The van der Waals surface area contributed by atoms with E-state index >= 15 is 0 Å². The van der Waals surface area contributed by atoms with E-state index in [2.05, 4.69) is 20.5 Å². The van der Waals surface area contributed by atoms with E-state index in [0.717, 1.165) is 22.6 Å². The van der Waals surface area contributed by atoms with Crippen LogP contribution < -0.4 is 5.32 Å². The Balaban J connectivity index is 1.81. The molecule has 0 radical (unpaired) electrons. The molecule has 2 aromatic heterocycles. The van der Waals surface area contributed by atoms with Crippen LogP contribution in [0.15, 0.2) is 42.7 Å². The number of benzene rings is 1.